The van der Waals surface area contributed by atoms with Gasteiger partial charge in [-0.05, 0) is 68.3 Å². The molecule has 3 nitrogen and oxygen atoms in total. The molecule has 4 rings (SSSR count). The summed E-state index contributed by atoms with van der Waals surface area (Å²) in [5.74, 6) is 1.91. The lowest BCUT2D eigenvalue weighted by Gasteiger charge is -2.31. The van der Waals surface area contributed by atoms with Crippen LogP contribution in [0.4, 0.5) is 0 Å². The minimum atomic E-state index is 0.682. The third kappa shape index (κ3) is 3.12. The molecule has 0 saturated carbocycles. The van der Waals surface area contributed by atoms with E-state index in [1.54, 1.807) is 12.7 Å². The van der Waals surface area contributed by atoms with E-state index in [1.807, 2.05) is 11.8 Å². The minimum Gasteiger partial charge on any atom is -0.497 e. The van der Waals surface area contributed by atoms with Crippen LogP contribution in [0.2, 0.25) is 0 Å². The Morgan fingerprint density at radius 3 is 2.62 bits per heavy atom. The number of hydrogen-bond acceptors (Lipinski definition) is 4. The van der Waals surface area contributed by atoms with E-state index in [0.29, 0.717) is 6.61 Å². The lowest BCUT2D eigenvalue weighted by molar-refractivity contribution is 0.312. The van der Waals surface area contributed by atoms with Crippen molar-refractivity contribution in [1.82, 2.24) is 4.90 Å². The molecule has 4 heteroatoms. The van der Waals surface area contributed by atoms with Gasteiger partial charge in [-0.15, -0.1) is 0 Å². The molecule has 136 valence electrons. The van der Waals surface area contributed by atoms with Gasteiger partial charge in [0.1, 0.15) is 11.5 Å². The zero-order valence-electron chi connectivity index (χ0n) is 15.7. The number of ether oxygens (including phenoxy) is 2. The standard InChI is InChI=1S/C22H25NO2S/c1-4-25-18-6-5-7-19-22(18)21(15-10-12-23(2)13-11-15)17-9-8-16(24-3)14-20(17)26-19/h5-9,14H,4,10-13H2,1-3H3. The molecular weight excluding hydrogens is 342 g/mol. The Bertz CT molecular complexity index is 849. The molecule has 2 aromatic rings. The molecule has 2 aromatic carbocycles. The first-order chi connectivity index (χ1) is 12.7. The smallest absolute Gasteiger partial charge is 0.128 e. The van der Waals surface area contributed by atoms with Gasteiger partial charge >= 0.3 is 0 Å². The fourth-order valence-corrected chi connectivity index (χ4v) is 4.94. The first kappa shape index (κ1) is 17.5. The second-order valence-corrected chi connectivity index (χ2v) is 7.89. The van der Waals surface area contributed by atoms with Crippen LogP contribution in [0, 0.1) is 0 Å². The highest BCUT2D eigenvalue weighted by Crippen LogP contribution is 2.51. The van der Waals surface area contributed by atoms with Crippen molar-refractivity contribution in [3.8, 4) is 11.5 Å². The van der Waals surface area contributed by atoms with Crippen molar-refractivity contribution < 1.29 is 9.47 Å². The number of rotatable bonds is 3. The quantitative estimate of drug-likeness (QED) is 0.643. The zero-order chi connectivity index (χ0) is 18.1. The Balaban J connectivity index is 1.93. The van der Waals surface area contributed by atoms with Gasteiger partial charge in [0.2, 0.25) is 0 Å². The van der Waals surface area contributed by atoms with Gasteiger partial charge in [0.25, 0.3) is 0 Å². The highest BCUT2D eigenvalue weighted by atomic mass is 32.2. The first-order valence-corrected chi connectivity index (χ1v) is 10.1. The van der Waals surface area contributed by atoms with E-state index in [2.05, 4.69) is 55.3 Å². The molecule has 2 heterocycles. The third-order valence-electron chi connectivity index (χ3n) is 5.16. The Hall–Kier alpha value is -1.91. The lowest BCUT2D eigenvalue weighted by atomic mass is 9.87. The molecule has 0 unspecified atom stereocenters. The van der Waals surface area contributed by atoms with Crippen LogP contribution in [0.25, 0.3) is 5.57 Å². The van der Waals surface area contributed by atoms with Crippen LogP contribution in [0.5, 0.6) is 11.5 Å². The van der Waals surface area contributed by atoms with E-state index < -0.39 is 0 Å². The highest BCUT2D eigenvalue weighted by molar-refractivity contribution is 7.99. The maximum absolute atomic E-state index is 6.02. The fraction of sp³-hybridized carbons (Fsp3) is 0.364. The zero-order valence-corrected chi connectivity index (χ0v) is 16.5. The Morgan fingerprint density at radius 2 is 1.88 bits per heavy atom. The molecule has 0 bridgehead atoms. The molecule has 0 spiro atoms. The highest BCUT2D eigenvalue weighted by Gasteiger charge is 2.28. The monoisotopic (exact) mass is 367 g/mol. The van der Waals surface area contributed by atoms with Crippen LogP contribution >= 0.6 is 11.8 Å². The summed E-state index contributed by atoms with van der Waals surface area (Å²) in [4.78, 5) is 4.96. The summed E-state index contributed by atoms with van der Waals surface area (Å²) in [6.45, 7) is 4.96. The number of benzene rings is 2. The number of nitrogens with zero attached hydrogens (tertiary/aromatic N) is 1. The molecule has 0 N–H and O–H groups in total. The summed E-state index contributed by atoms with van der Waals surface area (Å²) in [7, 11) is 3.93. The van der Waals surface area contributed by atoms with Crippen LogP contribution in [0.15, 0.2) is 51.8 Å². The van der Waals surface area contributed by atoms with Crippen LogP contribution in [0.3, 0.4) is 0 Å². The van der Waals surface area contributed by atoms with Crippen molar-refractivity contribution in [1.29, 1.82) is 0 Å². The van der Waals surface area contributed by atoms with E-state index in [9.17, 15) is 0 Å². The molecule has 26 heavy (non-hydrogen) atoms. The van der Waals surface area contributed by atoms with E-state index >= 15 is 0 Å². The molecule has 2 aliphatic heterocycles. The average Bonchev–Trinajstić information content (AvgIpc) is 2.67. The third-order valence-corrected chi connectivity index (χ3v) is 6.28. The molecule has 2 aliphatic rings. The Labute approximate surface area is 160 Å². The largest absolute Gasteiger partial charge is 0.497 e. The van der Waals surface area contributed by atoms with Crippen molar-refractivity contribution in [2.24, 2.45) is 0 Å². The predicted molar refractivity (Wildman–Crippen MR) is 107 cm³/mol. The van der Waals surface area contributed by atoms with E-state index in [1.165, 1.54) is 26.5 Å². The normalized spacial score (nSPS) is 16.9. The van der Waals surface area contributed by atoms with Gasteiger partial charge in [0, 0.05) is 28.4 Å². The minimum absolute atomic E-state index is 0.682. The van der Waals surface area contributed by atoms with E-state index in [4.69, 9.17) is 9.47 Å². The molecule has 0 aromatic heterocycles. The van der Waals surface area contributed by atoms with Crippen molar-refractivity contribution in [2.45, 2.75) is 29.6 Å². The van der Waals surface area contributed by atoms with Crippen LogP contribution in [-0.2, 0) is 0 Å². The summed E-state index contributed by atoms with van der Waals surface area (Å²) in [5.41, 5.74) is 5.52. The summed E-state index contributed by atoms with van der Waals surface area (Å²) in [5, 5.41) is 0. The topological polar surface area (TPSA) is 21.7 Å². The number of hydrogen-bond donors (Lipinski definition) is 0. The van der Waals surface area contributed by atoms with E-state index in [-0.39, 0.29) is 0 Å². The Kier molecular flexibility index (Phi) is 4.96. The van der Waals surface area contributed by atoms with E-state index in [0.717, 1.165) is 37.4 Å². The summed E-state index contributed by atoms with van der Waals surface area (Å²) in [6.07, 6.45) is 2.23. The summed E-state index contributed by atoms with van der Waals surface area (Å²) >= 11 is 1.82. The molecular formula is C22H25NO2S. The molecule has 1 saturated heterocycles. The fourth-order valence-electron chi connectivity index (χ4n) is 3.80. The van der Waals surface area contributed by atoms with Gasteiger partial charge in [-0.1, -0.05) is 23.4 Å². The molecule has 0 aliphatic carbocycles. The van der Waals surface area contributed by atoms with Crippen LogP contribution in [-0.4, -0.2) is 38.8 Å². The molecule has 0 atom stereocenters. The maximum Gasteiger partial charge on any atom is 0.128 e. The predicted octanol–water partition coefficient (Wildman–Crippen LogP) is 5.09. The maximum atomic E-state index is 6.02. The van der Waals surface area contributed by atoms with Crippen molar-refractivity contribution in [3.05, 3.63) is 53.1 Å². The van der Waals surface area contributed by atoms with Crippen molar-refractivity contribution >= 4 is 17.3 Å². The summed E-state index contributed by atoms with van der Waals surface area (Å²) in [6, 6.07) is 12.9. The van der Waals surface area contributed by atoms with Gasteiger partial charge in [-0.3, -0.25) is 0 Å². The van der Waals surface area contributed by atoms with Crippen molar-refractivity contribution in [3.63, 3.8) is 0 Å². The molecule has 0 amide bonds. The SMILES string of the molecule is CCOc1cccc2c1C(=C1CCN(C)CC1)c1ccc(OC)cc1S2. The number of methoxy groups -OCH3 is 1. The first-order valence-electron chi connectivity index (χ1n) is 9.24. The van der Waals surface area contributed by atoms with Gasteiger partial charge in [0.15, 0.2) is 0 Å². The van der Waals surface area contributed by atoms with Gasteiger partial charge in [-0.25, -0.2) is 0 Å². The number of piperidine rings is 1. The second-order valence-electron chi connectivity index (χ2n) is 6.81. The molecule has 0 radical (unpaired) electrons. The van der Waals surface area contributed by atoms with Crippen molar-refractivity contribution in [2.75, 3.05) is 33.9 Å². The van der Waals surface area contributed by atoms with Gasteiger partial charge < -0.3 is 14.4 Å². The number of fused-ring (bicyclic) bond motifs is 2. The van der Waals surface area contributed by atoms with Crippen LogP contribution < -0.4 is 9.47 Å². The van der Waals surface area contributed by atoms with Gasteiger partial charge in [0.05, 0.1) is 13.7 Å². The Morgan fingerprint density at radius 1 is 1.08 bits per heavy atom. The van der Waals surface area contributed by atoms with Crippen LogP contribution in [0.1, 0.15) is 30.9 Å². The average molecular weight is 368 g/mol. The summed E-state index contributed by atoms with van der Waals surface area (Å²) < 4.78 is 11.5. The lowest BCUT2D eigenvalue weighted by Crippen LogP contribution is -2.27. The second kappa shape index (κ2) is 7.37. The molecule has 1 fully saturated rings. The van der Waals surface area contributed by atoms with Gasteiger partial charge in [-0.2, -0.15) is 0 Å². The number of likely N-dealkylation sites (tertiary alicyclic amines) is 1.